The van der Waals surface area contributed by atoms with Crippen LogP contribution in [-0.2, 0) is 9.53 Å². The lowest BCUT2D eigenvalue weighted by atomic mass is 9.74. The van der Waals surface area contributed by atoms with Crippen molar-refractivity contribution in [3.8, 4) is 0 Å². The predicted molar refractivity (Wildman–Crippen MR) is 86.9 cm³/mol. The molecule has 3 rings (SSSR count). The van der Waals surface area contributed by atoms with Crippen molar-refractivity contribution in [3.05, 3.63) is 0 Å². The molecule has 0 aromatic rings. The van der Waals surface area contributed by atoms with Crippen LogP contribution in [0.5, 0.6) is 0 Å². The number of esters is 1. The SMILES string of the molecule is CC1C2CC(C(=O)OC3CCC(C(O)(C(F)(F)F)C(F)(F)F)CC3)C(C2)C1C. The summed E-state index contributed by atoms with van der Waals surface area (Å²) in [4.78, 5) is 12.5. The van der Waals surface area contributed by atoms with Crippen molar-refractivity contribution in [2.45, 2.75) is 76.4 Å². The second-order valence-electron chi connectivity index (χ2n) is 8.89. The maximum atomic E-state index is 13.0. The van der Waals surface area contributed by atoms with Gasteiger partial charge < -0.3 is 9.84 Å². The molecule has 0 aromatic heterocycles. The van der Waals surface area contributed by atoms with Crippen LogP contribution in [0.3, 0.4) is 0 Å². The molecule has 5 atom stereocenters. The average Bonchev–Trinajstić information content (AvgIpc) is 3.13. The molecule has 0 radical (unpaired) electrons. The molecule has 9 heteroatoms. The number of carbonyl (C=O) groups excluding carboxylic acids is 1. The van der Waals surface area contributed by atoms with Crippen LogP contribution < -0.4 is 0 Å². The maximum absolute atomic E-state index is 13.0. The number of hydrogen-bond acceptors (Lipinski definition) is 3. The third-order valence-corrected chi connectivity index (χ3v) is 7.61. The maximum Gasteiger partial charge on any atom is 0.426 e. The molecule has 0 aliphatic heterocycles. The van der Waals surface area contributed by atoms with E-state index >= 15 is 0 Å². The lowest BCUT2D eigenvalue weighted by molar-refractivity contribution is -0.387. The second-order valence-corrected chi connectivity index (χ2v) is 8.89. The highest BCUT2D eigenvalue weighted by atomic mass is 19.4. The Morgan fingerprint density at radius 3 is 1.86 bits per heavy atom. The summed E-state index contributed by atoms with van der Waals surface area (Å²) in [5.74, 6) is -0.933. The summed E-state index contributed by atoms with van der Waals surface area (Å²) in [5.41, 5.74) is -4.73. The van der Waals surface area contributed by atoms with E-state index in [1.807, 2.05) is 0 Å². The number of halogens is 6. The van der Waals surface area contributed by atoms with Gasteiger partial charge in [0.25, 0.3) is 5.60 Å². The molecule has 0 amide bonds. The largest absolute Gasteiger partial charge is 0.462 e. The van der Waals surface area contributed by atoms with E-state index in [0.717, 1.165) is 12.8 Å². The highest BCUT2D eigenvalue weighted by Gasteiger charge is 2.73. The van der Waals surface area contributed by atoms with Gasteiger partial charge in [0.15, 0.2) is 0 Å². The van der Waals surface area contributed by atoms with Crippen LogP contribution in [0.4, 0.5) is 26.3 Å². The van der Waals surface area contributed by atoms with Crippen molar-refractivity contribution in [2.75, 3.05) is 0 Å². The monoisotopic (exact) mass is 416 g/mol. The normalized spacial score (nSPS) is 39.2. The van der Waals surface area contributed by atoms with Crippen LogP contribution in [0.1, 0.15) is 52.4 Å². The van der Waals surface area contributed by atoms with Gasteiger partial charge in [-0.15, -0.1) is 0 Å². The van der Waals surface area contributed by atoms with Crippen molar-refractivity contribution in [3.63, 3.8) is 0 Å². The molecule has 0 saturated heterocycles. The van der Waals surface area contributed by atoms with Gasteiger partial charge in [0, 0.05) is 5.92 Å². The van der Waals surface area contributed by atoms with Crippen molar-refractivity contribution in [1.82, 2.24) is 0 Å². The van der Waals surface area contributed by atoms with E-state index in [9.17, 15) is 36.2 Å². The summed E-state index contributed by atoms with van der Waals surface area (Å²) in [6.45, 7) is 4.27. The lowest BCUT2D eigenvalue weighted by Gasteiger charge is -2.42. The van der Waals surface area contributed by atoms with E-state index < -0.39 is 42.8 Å². The molecule has 28 heavy (non-hydrogen) atoms. The second kappa shape index (κ2) is 7.06. The van der Waals surface area contributed by atoms with Crippen molar-refractivity contribution < 1.29 is 41.0 Å². The van der Waals surface area contributed by atoms with Crippen LogP contribution in [0.15, 0.2) is 0 Å². The Morgan fingerprint density at radius 2 is 1.43 bits per heavy atom. The minimum atomic E-state index is -5.81. The van der Waals surface area contributed by atoms with Gasteiger partial charge in [0.2, 0.25) is 0 Å². The molecule has 3 aliphatic carbocycles. The number of carbonyl (C=O) groups is 1. The van der Waals surface area contributed by atoms with Crippen molar-refractivity contribution in [2.24, 2.45) is 35.5 Å². The Labute approximate surface area is 159 Å². The summed E-state index contributed by atoms with van der Waals surface area (Å²) in [5, 5.41) is 9.52. The number of hydrogen-bond donors (Lipinski definition) is 1. The van der Waals surface area contributed by atoms with Crippen LogP contribution in [-0.4, -0.2) is 35.1 Å². The third-order valence-electron chi connectivity index (χ3n) is 7.61. The molecule has 0 aromatic carbocycles. The third kappa shape index (κ3) is 3.41. The Kier molecular flexibility index (Phi) is 5.47. The van der Waals surface area contributed by atoms with Crippen molar-refractivity contribution in [1.29, 1.82) is 0 Å². The number of rotatable bonds is 3. The first-order valence-corrected chi connectivity index (χ1v) is 9.83. The van der Waals surface area contributed by atoms with E-state index in [-0.39, 0.29) is 30.6 Å². The van der Waals surface area contributed by atoms with Gasteiger partial charge >= 0.3 is 18.3 Å². The standard InChI is InChI=1S/C19H26F6O3/c1-9-10(2)14-7-11(9)8-15(14)16(26)28-13-5-3-12(4-6-13)17(27,18(20,21)22)19(23,24)25/h9-15,27H,3-8H2,1-2H3. The summed E-state index contributed by atoms with van der Waals surface area (Å²) in [6, 6.07) is 0. The van der Waals surface area contributed by atoms with E-state index in [0.29, 0.717) is 17.8 Å². The van der Waals surface area contributed by atoms with Crippen molar-refractivity contribution >= 4 is 5.97 Å². The summed E-state index contributed by atoms with van der Waals surface area (Å²) in [7, 11) is 0. The van der Waals surface area contributed by atoms with Gasteiger partial charge in [0.1, 0.15) is 6.10 Å². The first kappa shape index (κ1) is 21.7. The first-order valence-electron chi connectivity index (χ1n) is 9.83. The van der Waals surface area contributed by atoms with Crippen LogP contribution >= 0.6 is 0 Å². The minimum absolute atomic E-state index is 0.113. The zero-order valence-corrected chi connectivity index (χ0v) is 15.8. The Hall–Kier alpha value is -0.990. The van der Waals surface area contributed by atoms with Gasteiger partial charge in [-0.1, -0.05) is 13.8 Å². The molecule has 3 saturated carbocycles. The minimum Gasteiger partial charge on any atom is -0.462 e. The van der Waals surface area contributed by atoms with Gasteiger partial charge in [-0.25, -0.2) is 0 Å². The van der Waals surface area contributed by atoms with Crippen LogP contribution in [0.2, 0.25) is 0 Å². The number of alkyl halides is 6. The molecule has 3 aliphatic rings. The molecular weight excluding hydrogens is 390 g/mol. The lowest BCUT2D eigenvalue weighted by Crippen LogP contribution is -2.62. The fraction of sp³-hybridized carbons (Fsp3) is 0.947. The van der Waals surface area contributed by atoms with E-state index in [1.54, 1.807) is 0 Å². The molecule has 5 unspecified atom stereocenters. The Bertz CT molecular complexity index is 577. The smallest absolute Gasteiger partial charge is 0.426 e. The molecule has 2 bridgehead atoms. The Morgan fingerprint density at radius 1 is 0.893 bits per heavy atom. The number of fused-ring (bicyclic) bond motifs is 2. The van der Waals surface area contributed by atoms with Crippen LogP contribution in [0.25, 0.3) is 0 Å². The molecule has 0 heterocycles. The zero-order valence-electron chi connectivity index (χ0n) is 15.8. The van der Waals surface area contributed by atoms with E-state index in [1.165, 1.54) is 0 Å². The van der Waals surface area contributed by atoms with Gasteiger partial charge in [-0.2, -0.15) is 26.3 Å². The molecule has 162 valence electrons. The Balaban J connectivity index is 1.58. The summed E-state index contributed by atoms with van der Waals surface area (Å²) in [6.07, 6.45) is -11.8. The fourth-order valence-electron chi connectivity index (χ4n) is 5.69. The van der Waals surface area contributed by atoms with Gasteiger partial charge in [-0.05, 0) is 62.2 Å². The first-order chi connectivity index (χ1) is 12.8. The van der Waals surface area contributed by atoms with E-state index in [2.05, 4.69) is 13.8 Å². The van der Waals surface area contributed by atoms with E-state index in [4.69, 9.17) is 4.74 Å². The topological polar surface area (TPSA) is 46.5 Å². The number of ether oxygens (including phenoxy) is 1. The van der Waals surface area contributed by atoms with Gasteiger partial charge in [-0.3, -0.25) is 4.79 Å². The number of aliphatic hydroxyl groups is 1. The predicted octanol–water partition coefficient (Wildman–Crippen LogP) is 4.87. The fourth-order valence-corrected chi connectivity index (χ4v) is 5.69. The summed E-state index contributed by atoms with van der Waals surface area (Å²) >= 11 is 0. The van der Waals surface area contributed by atoms with Gasteiger partial charge in [0.05, 0.1) is 5.92 Å². The molecule has 3 nitrogen and oxygen atoms in total. The van der Waals surface area contributed by atoms with Crippen LogP contribution in [0, 0.1) is 35.5 Å². The highest BCUT2D eigenvalue weighted by molar-refractivity contribution is 5.73. The quantitative estimate of drug-likeness (QED) is 0.527. The highest BCUT2D eigenvalue weighted by Crippen LogP contribution is 2.56. The molecule has 0 spiro atoms. The molecule has 1 N–H and O–H groups in total. The molecule has 3 fully saturated rings. The zero-order chi connectivity index (χ0) is 21.1. The summed E-state index contributed by atoms with van der Waals surface area (Å²) < 4.78 is 83.4. The molecular formula is C19H26F6O3. The average molecular weight is 416 g/mol.